The molecule has 3 atom stereocenters. The zero-order valence-corrected chi connectivity index (χ0v) is 11.0. The third kappa shape index (κ3) is 2.01. The first kappa shape index (κ1) is 13.0. The van der Waals surface area contributed by atoms with Crippen LogP contribution < -0.4 is 11.1 Å². The van der Waals surface area contributed by atoms with Crippen molar-refractivity contribution < 1.29 is 9.18 Å². The van der Waals surface area contributed by atoms with Gasteiger partial charge >= 0.3 is 0 Å². The zero-order valence-electron chi connectivity index (χ0n) is 11.0. The summed E-state index contributed by atoms with van der Waals surface area (Å²) in [6.45, 7) is 5.85. The van der Waals surface area contributed by atoms with E-state index in [1.165, 1.54) is 12.1 Å². The van der Waals surface area contributed by atoms with Crippen LogP contribution in [0.4, 0.5) is 10.1 Å². The molecule has 0 spiro atoms. The molecule has 1 aromatic rings. The highest BCUT2D eigenvalue weighted by molar-refractivity contribution is 6.03. The van der Waals surface area contributed by atoms with Crippen LogP contribution in [-0.4, -0.2) is 5.91 Å². The Morgan fingerprint density at radius 1 is 1.50 bits per heavy atom. The minimum Gasteiger partial charge on any atom is -0.325 e. The summed E-state index contributed by atoms with van der Waals surface area (Å²) in [5.41, 5.74) is 8.30. The Hall–Kier alpha value is -1.42. The number of anilines is 1. The van der Waals surface area contributed by atoms with Gasteiger partial charge < -0.3 is 11.1 Å². The molecule has 0 bridgehead atoms. The monoisotopic (exact) mass is 250 g/mol. The maximum Gasteiger partial charge on any atom is 0.231 e. The molecule has 0 radical (unpaired) electrons. The molecule has 98 valence electrons. The summed E-state index contributed by atoms with van der Waals surface area (Å²) < 4.78 is 13.7. The maximum atomic E-state index is 13.7. The predicted octanol–water partition coefficient (Wildman–Crippen LogP) is 2.93. The molecule has 0 aliphatic carbocycles. The van der Waals surface area contributed by atoms with Gasteiger partial charge in [0.1, 0.15) is 5.82 Å². The van der Waals surface area contributed by atoms with Gasteiger partial charge in [0.25, 0.3) is 0 Å². The molecular formula is C14H19FN2O. The fourth-order valence-electron chi connectivity index (χ4n) is 2.33. The molecule has 1 aromatic carbocycles. The number of rotatable bonds is 3. The van der Waals surface area contributed by atoms with Gasteiger partial charge in [0.05, 0.1) is 5.92 Å². The average molecular weight is 250 g/mol. The number of hydrogen-bond acceptors (Lipinski definition) is 2. The number of nitrogens with one attached hydrogen (secondary N) is 1. The third-order valence-corrected chi connectivity index (χ3v) is 3.89. The number of halogens is 1. The van der Waals surface area contributed by atoms with E-state index in [2.05, 4.69) is 5.32 Å². The van der Waals surface area contributed by atoms with Gasteiger partial charge in [-0.25, -0.2) is 4.39 Å². The highest BCUT2D eigenvalue weighted by Crippen LogP contribution is 2.39. The van der Waals surface area contributed by atoms with Crippen molar-refractivity contribution in [2.75, 3.05) is 5.32 Å². The number of amides is 1. The van der Waals surface area contributed by atoms with Gasteiger partial charge in [-0.3, -0.25) is 4.79 Å². The minimum absolute atomic E-state index is 0.0896. The number of fused-ring (bicyclic) bond motifs is 1. The van der Waals surface area contributed by atoms with Crippen LogP contribution in [0, 0.1) is 11.7 Å². The highest BCUT2D eigenvalue weighted by atomic mass is 19.1. The normalized spacial score (nSPS) is 21.4. The van der Waals surface area contributed by atoms with E-state index in [0.717, 1.165) is 6.42 Å². The molecule has 1 amide bonds. The van der Waals surface area contributed by atoms with Gasteiger partial charge in [0.15, 0.2) is 0 Å². The van der Waals surface area contributed by atoms with Crippen molar-refractivity contribution in [3.8, 4) is 0 Å². The van der Waals surface area contributed by atoms with Gasteiger partial charge in [-0.15, -0.1) is 0 Å². The maximum absolute atomic E-state index is 13.7. The molecular weight excluding hydrogens is 231 g/mol. The molecule has 0 saturated carbocycles. The number of hydrogen-bond donors (Lipinski definition) is 2. The topological polar surface area (TPSA) is 55.1 Å². The smallest absolute Gasteiger partial charge is 0.231 e. The lowest BCUT2D eigenvalue weighted by Gasteiger charge is -2.21. The van der Waals surface area contributed by atoms with Crippen molar-refractivity contribution in [2.24, 2.45) is 11.7 Å². The van der Waals surface area contributed by atoms with E-state index < -0.39 is 0 Å². The Balaban J connectivity index is 2.50. The van der Waals surface area contributed by atoms with Crippen molar-refractivity contribution in [2.45, 2.75) is 39.2 Å². The summed E-state index contributed by atoms with van der Waals surface area (Å²) in [6, 6.07) is 2.60. The molecule has 3 nitrogen and oxygen atoms in total. The quantitative estimate of drug-likeness (QED) is 0.866. The number of benzene rings is 1. The van der Waals surface area contributed by atoms with Crippen LogP contribution in [0.5, 0.6) is 0 Å². The Morgan fingerprint density at radius 2 is 2.17 bits per heavy atom. The van der Waals surface area contributed by atoms with Gasteiger partial charge in [0.2, 0.25) is 5.91 Å². The van der Waals surface area contributed by atoms with Crippen molar-refractivity contribution >= 4 is 11.6 Å². The lowest BCUT2D eigenvalue weighted by Crippen LogP contribution is -2.20. The number of carbonyl (C=O) groups is 1. The second kappa shape index (κ2) is 4.69. The van der Waals surface area contributed by atoms with Crippen LogP contribution in [0.2, 0.25) is 0 Å². The summed E-state index contributed by atoms with van der Waals surface area (Å²) in [7, 11) is 0. The standard InChI is InChI=1S/C14H19FN2O/c1-4-7(2)12(16)11-6-9(15)5-10-8(3)14(18)17-13(10)11/h5-8,12H,4,16H2,1-3H3,(H,17,18). The third-order valence-electron chi connectivity index (χ3n) is 3.89. The first-order valence-corrected chi connectivity index (χ1v) is 6.35. The van der Waals surface area contributed by atoms with Crippen LogP contribution in [-0.2, 0) is 4.79 Å². The van der Waals surface area contributed by atoms with E-state index in [1.54, 1.807) is 6.92 Å². The van der Waals surface area contributed by atoms with Crippen molar-refractivity contribution in [3.05, 3.63) is 29.1 Å². The van der Waals surface area contributed by atoms with Crippen LogP contribution >= 0.6 is 0 Å². The Kier molecular flexibility index (Phi) is 3.39. The Labute approximate surface area is 107 Å². The highest BCUT2D eigenvalue weighted by Gasteiger charge is 2.31. The van der Waals surface area contributed by atoms with E-state index in [-0.39, 0.29) is 29.6 Å². The largest absolute Gasteiger partial charge is 0.325 e. The first-order chi connectivity index (χ1) is 8.45. The molecule has 1 aliphatic rings. The zero-order chi connectivity index (χ0) is 13.4. The lowest BCUT2D eigenvalue weighted by atomic mass is 9.90. The van der Waals surface area contributed by atoms with E-state index in [0.29, 0.717) is 16.8 Å². The first-order valence-electron chi connectivity index (χ1n) is 6.35. The summed E-state index contributed by atoms with van der Waals surface area (Å²) in [5, 5.41) is 2.82. The molecule has 0 fully saturated rings. The van der Waals surface area contributed by atoms with E-state index >= 15 is 0 Å². The molecule has 1 heterocycles. The van der Waals surface area contributed by atoms with Gasteiger partial charge in [-0.05, 0) is 36.1 Å². The van der Waals surface area contributed by atoms with E-state index in [9.17, 15) is 9.18 Å². The fourth-order valence-corrected chi connectivity index (χ4v) is 2.33. The number of carbonyl (C=O) groups excluding carboxylic acids is 1. The van der Waals surface area contributed by atoms with Crippen molar-refractivity contribution in [3.63, 3.8) is 0 Å². The van der Waals surface area contributed by atoms with Crippen LogP contribution in [0.25, 0.3) is 0 Å². The molecule has 1 aliphatic heterocycles. The summed E-state index contributed by atoms with van der Waals surface area (Å²) >= 11 is 0. The van der Waals surface area contributed by atoms with Crippen molar-refractivity contribution in [1.82, 2.24) is 0 Å². The predicted molar refractivity (Wildman–Crippen MR) is 69.8 cm³/mol. The molecule has 0 saturated heterocycles. The van der Waals surface area contributed by atoms with Gasteiger partial charge in [-0.2, -0.15) is 0 Å². The Morgan fingerprint density at radius 3 is 2.78 bits per heavy atom. The molecule has 3 unspecified atom stereocenters. The molecule has 3 N–H and O–H groups in total. The molecule has 18 heavy (non-hydrogen) atoms. The molecule has 4 heteroatoms. The van der Waals surface area contributed by atoms with Crippen LogP contribution in [0.1, 0.15) is 50.3 Å². The molecule has 0 aromatic heterocycles. The minimum atomic E-state index is -0.328. The van der Waals surface area contributed by atoms with Gasteiger partial charge in [0, 0.05) is 11.7 Å². The second-order valence-corrected chi connectivity index (χ2v) is 5.08. The summed E-state index contributed by atoms with van der Waals surface area (Å²) in [6.07, 6.45) is 0.913. The Bertz CT molecular complexity index is 487. The fraction of sp³-hybridized carbons (Fsp3) is 0.500. The second-order valence-electron chi connectivity index (χ2n) is 5.08. The van der Waals surface area contributed by atoms with E-state index in [4.69, 9.17) is 5.73 Å². The average Bonchev–Trinajstić information content (AvgIpc) is 2.63. The summed E-state index contributed by atoms with van der Waals surface area (Å²) in [4.78, 5) is 11.7. The lowest BCUT2D eigenvalue weighted by molar-refractivity contribution is -0.116. The summed E-state index contributed by atoms with van der Waals surface area (Å²) in [5.74, 6) is -0.485. The molecule has 2 rings (SSSR count). The van der Waals surface area contributed by atoms with Crippen LogP contribution in [0.15, 0.2) is 12.1 Å². The number of nitrogens with two attached hydrogens (primary N) is 1. The van der Waals surface area contributed by atoms with E-state index in [1.807, 2.05) is 13.8 Å². The van der Waals surface area contributed by atoms with Crippen LogP contribution in [0.3, 0.4) is 0 Å². The van der Waals surface area contributed by atoms with Gasteiger partial charge in [-0.1, -0.05) is 20.3 Å². The van der Waals surface area contributed by atoms with Crippen molar-refractivity contribution in [1.29, 1.82) is 0 Å². The SMILES string of the molecule is CCC(C)C(N)c1cc(F)cc2c1NC(=O)C2C.